The van der Waals surface area contributed by atoms with Gasteiger partial charge < -0.3 is 15.2 Å². The zero-order valence-corrected chi connectivity index (χ0v) is 11.9. The molecule has 0 saturated heterocycles. The third-order valence-corrected chi connectivity index (χ3v) is 3.23. The number of rotatable bonds is 7. The molecule has 1 unspecified atom stereocenters. The van der Waals surface area contributed by atoms with Gasteiger partial charge in [-0.05, 0) is 30.7 Å². The minimum Gasteiger partial charge on any atom is -0.497 e. The Morgan fingerprint density at radius 3 is 2.70 bits per heavy atom. The number of ether oxygens (including phenoxy) is 1. The van der Waals surface area contributed by atoms with E-state index in [0.717, 1.165) is 11.3 Å². The second-order valence-corrected chi connectivity index (χ2v) is 4.79. The number of hydrogen-bond donors (Lipinski definition) is 2. The lowest BCUT2D eigenvalue weighted by Crippen LogP contribution is -2.32. The van der Waals surface area contributed by atoms with Crippen LogP contribution in [0.1, 0.15) is 18.5 Å². The van der Waals surface area contributed by atoms with Crippen LogP contribution in [-0.2, 0) is 6.54 Å². The molecule has 0 amide bonds. The predicted octanol–water partition coefficient (Wildman–Crippen LogP) is 1.60. The SMILES string of the molecule is COc1ccc([C@H](C)NCC(O)Cn2cccn2)cc1. The van der Waals surface area contributed by atoms with Crippen LogP contribution in [-0.4, -0.2) is 34.6 Å². The predicted molar refractivity (Wildman–Crippen MR) is 77.6 cm³/mol. The number of methoxy groups -OCH3 is 1. The fourth-order valence-corrected chi connectivity index (χ4v) is 2.01. The first-order chi connectivity index (χ1) is 9.69. The van der Waals surface area contributed by atoms with Crippen molar-refractivity contribution >= 4 is 0 Å². The monoisotopic (exact) mass is 275 g/mol. The first-order valence-electron chi connectivity index (χ1n) is 6.72. The average molecular weight is 275 g/mol. The topological polar surface area (TPSA) is 59.3 Å². The number of benzene rings is 1. The van der Waals surface area contributed by atoms with Gasteiger partial charge in [-0.25, -0.2) is 0 Å². The van der Waals surface area contributed by atoms with Gasteiger partial charge in [0.2, 0.25) is 0 Å². The lowest BCUT2D eigenvalue weighted by Gasteiger charge is -2.18. The van der Waals surface area contributed by atoms with Crippen molar-refractivity contribution in [1.82, 2.24) is 15.1 Å². The summed E-state index contributed by atoms with van der Waals surface area (Å²) in [5, 5.41) is 17.3. The highest BCUT2D eigenvalue weighted by molar-refractivity contribution is 5.28. The average Bonchev–Trinajstić information content (AvgIpc) is 2.97. The third-order valence-electron chi connectivity index (χ3n) is 3.23. The standard InChI is InChI=1S/C15H21N3O2/c1-12(13-4-6-15(20-2)7-5-13)16-10-14(19)11-18-9-3-8-17-18/h3-9,12,14,16,19H,10-11H2,1-2H3/t12-,14?/m0/s1. The molecule has 0 aliphatic heterocycles. The molecule has 1 aromatic heterocycles. The fourth-order valence-electron chi connectivity index (χ4n) is 2.01. The first kappa shape index (κ1) is 14.6. The molecule has 108 valence electrons. The van der Waals surface area contributed by atoms with Crippen molar-refractivity contribution in [1.29, 1.82) is 0 Å². The molecule has 2 aromatic rings. The van der Waals surface area contributed by atoms with E-state index in [0.29, 0.717) is 13.1 Å². The number of aromatic nitrogens is 2. The van der Waals surface area contributed by atoms with Gasteiger partial charge >= 0.3 is 0 Å². The highest BCUT2D eigenvalue weighted by atomic mass is 16.5. The summed E-state index contributed by atoms with van der Waals surface area (Å²) in [4.78, 5) is 0. The second-order valence-electron chi connectivity index (χ2n) is 4.79. The van der Waals surface area contributed by atoms with Gasteiger partial charge in [-0.15, -0.1) is 0 Å². The summed E-state index contributed by atoms with van der Waals surface area (Å²) in [5.41, 5.74) is 1.16. The van der Waals surface area contributed by atoms with Crippen LogP contribution in [0.2, 0.25) is 0 Å². The molecule has 0 fully saturated rings. The first-order valence-corrected chi connectivity index (χ1v) is 6.72. The van der Waals surface area contributed by atoms with Crippen LogP contribution >= 0.6 is 0 Å². The van der Waals surface area contributed by atoms with Gasteiger partial charge in [0.1, 0.15) is 5.75 Å². The van der Waals surface area contributed by atoms with Gasteiger partial charge in [-0.3, -0.25) is 4.68 Å². The van der Waals surface area contributed by atoms with E-state index in [1.807, 2.05) is 36.5 Å². The highest BCUT2D eigenvalue weighted by Crippen LogP contribution is 2.17. The molecule has 1 aromatic carbocycles. The fraction of sp³-hybridized carbons (Fsp3) is 0.400. The molecule has 0 aliphatic rings. The van der Waals surface area contributed by atoms with E-state index in [2.05, 4.69) is 17.3 Å². The van der Waals surface area contributed by atoms with E-state index in [4.69, 9.17) is 4.74 Å². The zero-order chi connectivity index (χ0) is 14.4. The van der Waals surface area contributed by atoms with Crippen molar-refractivity contribution < 1.29 is 9.84 Å². The summed E-state index contributed by atoms with van der Waals surface area (Å²) < 4.78 is 6.86. The summed E-state index contributed by atoms with van der Waals surface area (Å²) >= 11 is 0. The normalized spacial score (nSPS) is 13.9. The molecule has 5 heteroatoms. The van der Waals surface area contributed by atoms with Crippen LogP contribution in [0, 0.1) is 0 Å². The van der Waals surface area contributed by atoms with Crippen molar-refractivity contribution in [2.45, 2.75) is 25.6 Å². The molecular formula is C15H21N3O2. The van der Waals surface area contributed by atoms with E-state index >= 15 is 0 Å². The van der Waals surface area contributed by atoms with Crippen LogP contribution in [0.15, 0.2) is 42.7 Å². The number of aliphatic hydroxyl groups excluding tert-OH is 1. The van der Waals surface area contributed by atoms with Crippen LogP contribution in [0.5, 0.6) is 5.75 Å². The van der Waals surface area contributed by atoms with Crippen LogP contribution in [0.25, 0.3) is 0 Å². The van der Waals surface area contributed by atoms with Gasteiger partial charge in [-0.2, -0.15) is 5.10 Å². The second kappa shape index (κ2) is 7.07. The van der Waals surface area contributed by atoms with Crippen molar-refractivity contribution in [3.8, 4) is 5.75 Å². The van der Waals surface area contributed by atoms with E-state index in [-0.39, 0.29) is 6.04 Å². The van der Waals surface area contributed by atoms with Gasteiger partial charge in [-0.1, -0.05) is 12.1 Å². The molecule has 20 heavy (non-hydrogen) atoms. The van der Waals surface area contributed by atoms with Crippen molar-refractivity contribution in [2.75, 3.05) is 13.7 Å². The molecule has 2 rings (SSSR count). The lowest BCUT2D eigenvalue weighted by molar-refractivity contribution is 0.143. The number of nitrogens with zero attached hydrogens (tertiary/aromatic N) is 2. The minimum absolute atomic E-state index is 0.174. The van der Waals surface area contributed by atoms with Crippen molar-refractivity contribution in [2.24, 2.45) is 0 Å². The molecule has 0 radical (unpaired) electrons. The maximum absolute atomic E-state index is 9.96. The summed E-state index contributed by atoms with van der Waals surface area (Å²) in [6.07, 6.45) is 3.09. The molecular weight excluding hydrogens is 254 g/mol. The Balaban J connectivity index is 1.80. The highest BCUT2D eigenvalue weighted by Gasteiger charge is 2.09. The molecule has 0 saturated carbocycles. The maximum Gasteiger partial charge on any atom is 0.118 e. The summed E-state index contributed by atoms with van der Waals surface area (Å²) in [7, 11) is 1.66. The van der Waals surface area contributed by atoms with Gasteiger partial charge in [0.05, 0.1) is 19.8 Å². The quantitative estimate of drug-likeness (QED) is 0.806. The Morgan fingerprint density at radius 1 is 1.35 bits per heavy atom. The summed E-state index contributed by atoms with van der Waals surface area (Å²) in [5.74, 6) is 0.847. The Labute approximate surface area is 119 Å². The molecule has 5 nitrogen and oxygen atoms in total. The van der Waals surface area contributed by atoms with Crippen molar-refractivity contribution in [3.05, 3.63) is 48.3 Å². The Hall–Kier alpha value is -1.85. The van der Waals surface area contributed by atoms with E-state index in [1.165, 1.54) is 0 Å². The largest absolute Gasteiger partial charge is 0.497 e. The van der Waals surface area contributed by atoms with Crippen molar-refractivity contribution in [3.63, 3.8) is 0 Å². The van der Waals surface area contributed by atoms with Gasteiger partial charge in [0.25, 0.3) is 0 Å². The van der Waals surface area contributed by atoms with Crippen LogP contribution in [0.3, 0.4) is 0 Å². The van der Waals surface area contributed by atoms with Crippen LogP contribution < -0.4 is 10.1 Å². The molecule has 0 spiro atoms. The Kier molecular flexibility index (Phi) is 5.15. The maximum atomic E-state index is 9.96. The summed E-state index contributed by atoms with van der Waals surface area (Å²) in [6, 6.07) is 9.95. The molecule has 0 aliphatic carbocycles. The van der Waals surface area contributed by atoms with E-state index in [9.17, 15) is 5.11 Å². The Morgan fingerprint density at radius 2 is 2.10 bits per heavy atom. The van der Waals surface area contributed by atoms with Gasteiger partial charge in [0, 0.05) is 25.0 Å². The summed E-state index contributed by atoms with van der Waals surface area (Å²) in [6.45, 7) is 3.09. The van der Waals surface area contributed by atoms with E-state index in [1.54, 1.807) is 18.0 Å². The smallest absolute Gasteiger partial charge is 0.118 e. The molecule has 1 heterocycles. The number of aliphatic hydroxyl groups is 1. The van der Waals surface area contributed by atoms with Gasteiger partial charge in [0.15, 0.2) is 0 Å². The Bertz CT molecular complexity index is 496. The van der Waals surface area contributed by atoms with Crippen LogP contribution in [0.4, 0.5) is 0 Å². The lowest BCUT2D eigenvalue weighted by atomic mass is 10.1. The van der Waals surface area contributed by atoms with E-state index < -0.39 is 6.10 Å². The number of hydrogen-bond acceptors (Lipinski definition) is 4. The number of nitrogens with one attached hydrogen (secondary N) is 1. The minimum atomic E-state index is -0.462. The molecule has 2 N–H and O–H groups in total. The third kappa shape index (κ3) is 4.08. The molecule has 0 bridgehead atoms. The zero-order valence-electron chi connectivity index (χ0n) is 11.9. The molecule has 2 atom stereocenters.